The number of nitriles is 1. The zero-order chi connectivity index (χ0) is 8.55. The highest BCUT2D eigenvalue weighted by Gasteiger charge is 2.45. The first-order valence-electron chi connectivity index (χ1n) is 4.31. The lowest BCUT2D eigenvalue weighted by Gasteiger charge is -2.19. The fraction of sp³-hybridized carbons (Fsp3) is 0.778. The summed E-state index contributed by atoms with van der Waals surface area (Å²) in [6, 6.07) is 2.76. The molecule has 0 aromatic rings. The van der Waals surface area contributed by atoms with Crippen LogP contribution in [-0.4, -0.2) is 11.2 Å². The van der Waals surface area contributed by atoms with Gasteiger partial charge in [0.15, 0.2) is 0 Å². The molecule has 0 aromatic heterocycles. The van der Waals surface area contributed by atoms with Crippen LogP contribution in [0.4, 0.5) is 0 Å². The van der Waals surface area contributed by atoms with Gasteiger partial charge in [0.05, 0.1) is 17.3 Å². The van der Waals surface area contributed by atoms with E-state index in [0.717, 1.165) is 12.8 Å². The Bertz CT molecular complexity index is 275. The van der Waals surface area contributed by atoms with Crippen molar-refractivity contribution in [1.29, 1.82) is 5.26 Å². The summed E-state index contributed by atoms with van der Waals surface area (Å²) in [6.07, 6.45) is 3.28. The van der Waals surface area contributed by atoms with Crippen molar-refractivity contribution in [3.8, 4) is 6.07 Å². The lowest BCUT2D eigenvalue weighted by atomic mass is 9.87. The minimum absolute atomic E-state index is 0.298. The Morgan fingerprint density at radius 3 is 2.58 bits per heavy atom. The van der Waals surface area contributed by atoms with E-state index in [4.69, 9.17) is 5.26 Å². The zero-order valence-electron chi connectivity index (χ0n) is 6.73. The summed E-state index contributed by atoms with van der Waals surface area (Å²) in [4.78, 5) is 4.13. The van der Waals surface area contributed by atoms with E-state index in [9.17, 15) is 0 Å². The smallest absolute Gasteiger partial charge is 0.0658 e. The van der Waals surface area contributed by atoms with E-state index >= 15 is 0 Å². The number of hydrogen-bond donors (Lipinski definition) is 0. The maximum atomic E-state index is 8.79. The Morgan fingerprint density at radius 1 is 1.25 bits per heavy atom. The van der Waals surface area contributed by atoms with Gasteiger partial charge in [-0.15, -0.1) is 0 Å². The number of aliphatic imine (C=N–C) groups is 1. The van der Waals surface area contributed by atoms with Gasteiger partial charge in [0, 0.05) is 5.92 Å². The molecule has 2 rings (SSSR count). The second-order valence-electron chi connectivity index (χ2n) is 3.75. The minimum atomic E-state index is 0.298. The van der Waals surface area contributed by atoms with Gasteiger partial charge in [-0.3, -0.25) is 0 Å². The monoisotopic (exact) mass is 178 g/mol. The highest BCUT2D eigenvalue weighted by atomic mass is 32.1. The summed E-state index contributed by atoms with van der Waals surface area (Å²) in [5.74, 6) is 1.51. The van der Waals surface area contributed by atoms with Crippen molar-refractivity contribution in [2.45, 2.75) is 25.3 Å². The molecule has 2 aliphatic rings. The molecule has 12 heavy (non-hydrogen) atoms. The van der Waals surface area contributed by atoms with Gasteiger partial charge in [0.2, 0.25) is 0 Å². The molecule has 2 fully saturated rings. The molecule has 0 spiro atoms. The van der Waals surface area contributed by atoms with E-state index in [0.29, 0.717) is 23.8 Å². The van der Waals surface area contributed by atoms with Crippen LogP contribution in [0.15, 0.2) is 4.99 Å². The molecular weight excluding hydrogens is 168 g/mol. The highest BCUT2D eigenvalue weighted by molar-refractivity contribution is 7.78. The number of isothiocyanates is 1. The first kappa shape index (κ1) is 7.91. The van der Waals surface area contributed by atoms with Crippen LogP contribution in [0, 0.1) is 29.1 Å². The maximum absolute atomic E-state index is 8.79. The summed E-state index contributed by atoms with van der Waals surface area (Å²) in [6.45, 7) is 0. The summed E-state index contributed by atoms with van der Waals surface area (Å²) >= 11 is 4.58. The van der Waals surface area contributed by atoms with Gasteiger partial charge >= 0.3 is 0 Å². The summed E-state index contributed by atoms with van der Waals surface area (Å²) in [7, 11) is 0. The van der Waals surface area contributed by atoms with Crippen LogP contribution in [0.25, 0.3) is 0 Å². The van der Waals surface area contributed by atoms with Crippen molar-refractivity contribution in [3.63, 3.8) is 0 Å². The Kier molecular flexibility index (Phi) is 1.96. The predicted molar refractivity (Wildman–Crippen MR) is 48.7 cm³/mol. The Morgan fingerprint density at radius 2 is 2.08 bits per heavy atom. The third kappa shape index (κ3) is 1.08. The van der Waals surface area contributed by atoms with Crippen LogP contribution < -0.4 is 0 Å². The molecule has 0 N–H and O–H groups in total. The second kappa shape index (κ2) is 2.97. The molecule has 3 heteroatoms. The second-order valence-corrected chi connectivity index (χ2v) is 3.93. The van der Waals surface area contributed by atoms with Gasteiger partial charge in [-0.05, 0) is 43.3 Å². The summed E-state index contributed by atoms with van der Waals surface area (Å²) in [5.41, 5.74) is 0. The van der Waals surface area contributed by atoms with E-state index in [1.165, 1.54) is 6.42 Å². The van der Waals surface area contributed by atoms with Gasteiger partial charge in [0.1, 0.15) is 0 Å². The quantitative estimate of drug-likeness (QED) is 0.455. The van der Waals surface area contributed by atoms with Crippen molar-refractivity contribution in [2.24, 2.45) is 22.7 Å². The molecule has 2 saturated carbocycles. The lowest BCUT2D eigenvalue weighted by molar-refractivity contribution is 0.363. The normalized spacial score (nSPS) is 43.6. The number of rotatable bonds is 1. The molecule has 62 valence electrons. The van der Waals surface area contributed by atoms with Gasteiger partial charge in [-0.1, -0.05) is 0 Å². The molecule has 0 heterocycles. The van der Waals surface area contributed by atoms with Crippen LogP contribution in [0.1, 0.15) is 19.3 Å². The lowest BCUT2D eigenvalue weighted by Crippen LogP contribution is -2.19. The van der Waals surface area contributed by atoms with E-state index in [1.807, 2.05) is 0 Å². The topological polar surface area (TPSA) is 36.1 Å². The van der Waals surface area contributed by atoms with Crippen molar-refractivity contribution >= 4 is 17.4 Å². The Hall–Kier alpha value is -0.710. The first-order chi connectivity index (χ1) is 5.85. The SMILES string of the molecule is N#CC1CC2CC1CC2N=C=S. The van der Waals surface area contributed by atoms with Crippen LogP contribution in [0.3, 0.4) is 0 Å². The van der Waals surface area contributed by atoms with E-state index in [1.54, 1.807) is 0 Å². The molecule has 4 unspecified atom stereocenters. The van der Waals surface area contributed by atoms with Crippen LogP contribution >= 0.6 is 12.2 Å². The molecule has 0 aromatic carbocycles. The predicted octanol–water partition coefficient (Wildman–Crippen LogP) is 2.03. The highest BCUT2D eigenvalue weighted by Crippen LogP contribution is 2.49. The molecule has 0 radical (unpaired) electrons. The van der Waals surface area contributed by atoms with Crippen molar-refractivity contribution in [2.75, 3.05) is 0 Å². The van der Waals surface area contributed by atoms with Gasteiger partial charge in [-0.25, -0.2) is 4.99 Å². The van der Waals surface area contributed by atoms with Crippen molar-refractivity contribution in [3.05, 3.63) is 0 Å². The number of thiocarbonyl (C=S) groups is 1. The van der Waals surface area contributed by atoms with Crippen LogP contribution in [0.5, 0.6) is 0 Å². The molecule has 2 bridgehead atoms. The Balaban J connectivity index is 2.08. The minimum Gasteiger partial charge on any atom is -0.229 e. The fourth-order valence-corrected chi connectivity index (χ4v) is 2.76. The van der Waals surface area contributed by atoms with E-state index in [-0.39, 0.29) is 0 Å². The van der Waals surface area contributed by atoms with E-state index < -0.39 is 0 Å². The number of fused-ring (bicyclic) bond motifs is 2. The molecule has 4 atom stereocenters. The van der Waals surface area contributed by atoms with Gasteiger partial charge in [0.25, 0.3) is 0 Å². The van der Waals surface area contributed by atoms with Crippen molar-refractivity contribution in [1.82, 2.24) is 0 Å². The summed E-state index contributed by atoms with van der Waals surface area (Å²) < 4.78 is 0. The van der Waals surface area contributed by atoms with Crippen LogP contribution in [-0.2, 0) is 0 Å². The number of hydrogen-bond acceptors (Lipinski definition) is 3. The fourth-order valence-electron chi connectivity index (χ4n) is 2.63. The van der Waals surface area contributed by atoms with Gasteiger partial charge in [-0.2, -0.15) is 5.26 Å². The van der Waals surface area contributed by atoms with E-state index in [2.05, 4.69) is 28.4 Å². The molecule has 0 amide bonds. The first-order valence-corrected chi connectivity index (χ1v) is 4.72. The molecule has 0 saturated heterocycles. The summed E-state index contributed by atoms with van der Waals surface area (Å²) in [5, 5.41) is 11.2. The average Bonchev–Trinajstić information content (AvgIpc) is 2.62. The zero-order valence-corrected chi connectivity index (χ0v) is 7.55. The average molecular weight is 178 g/mol. The third-order valence-electron chi connectivity index (χ3n) is 3.20. The standard InChI is InChI=1S/C9H10N2S/c10-4-8-2-7-1-6(8)3-9(7)11-5-12/h6-9H,1-3H2. The maximum Gasteiger partial charge on any atom is 0.0658 e. The molecule has 0 aliphatic heterocycles. The van der Waals surface area contributed by atoms with Crippen molar-refractivity contribution < 1.29 is 0 Å². The van der Waals surface area contributed by atoms with Crippen LogP contribution in [0.2, 0.25) is 0 Å². The molecule has 2 aliphatic carbocycles. The van der Waals surface area contributed by atoms with Gasteiger partial charge < -0.3 is 0 Å². The molecule has 2 nitrogen and oxygen atoms in total. The largest absolute Gasteiger partial charge is 0.229 e. The number of nitrogens with zero attached hydrogens (tertiary/aromatic N) is 2. The Labute approximate surface area is 77.3 Å². The third-order valence-corrected chi connectivity index (χ3v) is 3.31. The molecular formula is C9H10N2S.